The van der Waals surface area contributed by atoms with Crippen molar-refractivity contribution in [2.24, 2.45) is 5.92 Å². The molecule has 5 aromatic rings. The van der Waals surface area contributed by atoms with Gasteiger partial charge in [0, 0.05) is 24.3 Å². The van der Waals surface area contributed by atoms with Crippen LogP contribution in [0, 0.1) is 17.8 Å². The maximum Gasteiger partial charge on any atom is 0.324 e. The summed E-state index contributed by atoms with van der Waals surface area (Å²) in [5, 5.41) is 15.6. The topological polar surface area (TPSA) is 120 Å². The molecule has 3 aliphatic heterocycles. The minimum absolute atomic E-state index is 0.106. The van der Waals surface area contributed by atoms with Crippen LogP contribution in [0.4, 0.5) is 5.69 Å². The monoisotopic (exact) mass is 786 g/mol. The van der Waals surface area contributed by atoms with E-state index in [-0.39, 0.29) is 19.8 Å². The fourth-order valence-electron chi connectivity index (χ4n) is 9.09. The van der Waals surface area contributed by atoms with Crippen molar-refractivity contribution in [3.63, 3.8) is 0 Å². The largest absolute Gasteiger partial charge is 0.491 e. The molecule has 3 aliphatic rings. The quantitative estimate of drug-likeness (QED) is 0.0788. The molecule has 0 aromatic heterocycles. The van der Waals surface area contributed by atoms with Gasteiger partial charge in [0.2, 0.25) is 11.8 Å². The van der Waals surface area contributed by atoms with Crippen LogP contribution in [0.5, 0.6) is 5.75 Å². The van der Waals surface area contributed by atoms with E-state index < -0.39 is 53.3 Å². The Morgan fingerprint density at radius 2 is 1.59 bits per heavy atom. The molecule has 2 saturated heterocycles. The van der Waals surface area contributed by atoms with Gasteiger partial charge in [0.15, 0.2) is 0 Å². The summed E-state index contributed by atoms with van der Waals surface area (Å²) in [5.41, 5.74) is 3.64. The lowest BCUT2D eigenvalue weighted by molar-refractivity contribution is -0.178. The first-order chi connectivity index (χ1) is 28.8. The van der Waals surface area contributed by atoms with E-state index in [2.05, 4.69) is 46.1 Å². The van der Waals surface area contributed by atoms with Crippen molar-refractivity contribution in [2.45, 2.75) is 36.2 Å². The van der Waals surface area contributed by atoms with Crippen molar-refractivity contribution < 1.29 is 29.0 Å². The second-order valence-electron chi connectivity index (χ2n) is 15.1. The molecule has 1 spiro atoms. The molecule has 2 amide bonds. The highest BCUT2D eigenvalue weighted by atomic mass is 16.6. The summed E-state index contributed by atoms with van der Waals surface area (Å²) < 4.78 is 12.2. The summed E-state index contributed by atoms with van der Waals surface area (Å²) in [6, 6.07) is 39.8. The zero-order valence-corrected chi connectivity index (χ0v) is 32.8. The van der Waals surface area contributed by atoms with E-state index in [1.807, 2.05) is 121 Å². The number of rotatable bonds is 12. The first-order valence-electron chi connectivity index (χ1n) is 19.8. The summed E-state index contributed by atoms with van der Waals surface area (Å²) in [6.45, 7) is 5.12. The molecule has 298 valence electrons. The number of carbonyl (C=O) groups excluding carboxylic acids is 3. The Kier molecular flexibility index (Phi) is 11.4. The van der Waals surface area contributed by atoms with Crippen LogP contribution in [0.25, 0.3) is 0 Å². The van der Waals surface area contributed by atoms with Crippen molar-refractivity contribution in [2.75, 3.05) is 38.7 Å². The molecule has 3 N–H and O–H groups in total. The van der Waals surface area contributed by atoms with Gasteiger partial charge < -0.3 is 25.2 Å². The summed E-state index contributed by atoms with van der Waals surface area (Å²) in [7, 11) is 2.01. The van der Waals surface area contributed by atoms with Crippen LogP contribution < -0.4 is 15.4 Å². The SMILES string of the molecule is C=CCNC(=O)[C@@H]1[C@H]2C(=O)O[C@H](c3ccccc3)[C@H](c3ccccc3)N2[C@H](c2ccc(OCCO)cc2)[C@@]12C(=O)Nc1ccc(C#CCN(C)Cc3ccccc3)cc12. The molecule has 0 unspecified atom stereocenters. The molecule has 0 saturated carbocycles. The molecular formula is C49H46N4O6. The smallest absolute Gasteiger partial charge is 0.324 e. The van der Waals surface area contributed by atoms with Crippen molar-refractivity contribution >= 4 is 23.5 Å². The lowest BCUT2D eigenvalue weighted by atomic mass is 9.65. The highest BCUT2D eigenvalue weighted by Gasteiger charge is 2.74. The number of carbonyl (C=O) groups is 3. The first kappa shape index (κ1) is 39.3. The Labute approximate surface area is 344 Å². The van der Waals surface area contributed by atoms with Crippen LogP contribution in [0.15, 0.2) is 146 Å². The van der Waals surface area contributed by atoms with E-state index in [9.17, 15) is 14.7 Å². The molecule has 0 bridgehead atoms. The van der Waals surface area contributed by atoms with E-state index in [1.165, 1.54) is 5.56 Å². The second kappa shape index (κ2) is 17.1. The third-order valence-electron chi connectivity index (χ3n) is 11.4. The number of nitrogens with one attached hydrogen (secondary N) is 2. The standard InChI is InChI=1S/C49H46N4O6/c1-3-27-50-46(55)41-43-47(56)59-44(36-19-11-6-12-20-36)42(35-17-9-5-10-18-35)53(43)45(37-22-24-38(25-23-37)58-30-29-54)49(41)39-31-33(21-26-40(39)51-48(49)57)16-13-28-52(2)32-34-14-7-4-8-15-34/h3-12,14-15,17-26,31,41-45,54H,1,27-30,32H2,2H3,(H,50,55)(H,51,57)/t41-,42-,43-,44+,45+,49-/m0/s1. The number of ether oxygens (including phenoxy) is 2. The second-order valence-corrected chi connectivity index (χ2v) is 15.1. The van der Waals surface area contributed by atoms with Gasteiger partial charge in [-0.25, -0.2) is 0 Å². The molecule has 2 fully saturated rings. The Hall–Kier alpha value is -6.51. The molecular weight excluding hydrogens is 741 g/mol. The zero-order valence-electron chi connectivity index (χ0n) is 32.8. The van der Waals surface area contributed by atoms with Crippen molar-refractivity contribution in [1.29, 1.82) is 0 Å². The fourth-order valence-corrected chi connectivity index (χ4v) is 9.09. The van der Waals surface area contributed by atoms with Gasteiger partial charge in [0.25, 0.3) is 0 Å². The molecule has 5 aromatic carbocycles. The van der Waals surface area contributed by atoms with E-state index in [1.54, 1.807) is 18.2 Å². The van der Waals surface area contributed by atoms with Crippen LogP contribution in [-0.4, -0.2) is 72.1 Å². The van der Waals surface area contributed by atoms with Crippen molar-refractivity contribution in [3.05, 3.63) is 179 Å². The number of amides is 2. The predicted octanol–water partition coefficient (Wildman–Crippen LogP) is 6.11. The average molecular weight is 787 g/mol. The number of hydrogen-bond acceptors (Lipinski definition) is 8. The molecule has 10 heteroatoms. The maximum atomic E-state index is 15.3. The molecule has 59 heavy (non-hydrogen) atoms. The van der Waals surface area contributed by atoms with E-state index >= 15 is 4.79 Å². The number of esters is 1. The number of anilines is 1. The zero-order chi connectivity index (χ0) is 40.9. The maximum absolute atomic E-state index is 15.3. The Morgan fingerprint density at radius 3 is 2.27 bits per heavy atom. The van der Waals surface area contributed by atoms with Gasteiger partial charge in [-0.15, -0.1) is 6.58 Å². The van der Waals surface area contributed by atoms with Gasteiger partial charge >= 0.3 is 5.97 Å². The van der Waals surface area contributed by atoms with Gasteiger partial charge in [-0.3, -0.25) is 24.2 Å². The van der Waals surface area contributed by atoms with Gasteiger partial charge in [-0.05, 0) is 65.2 Å². The Balaban J connectivity index is 1.32. The van der Waals surface area contributed by atoms with Crippen LogP contribution >= 0.6 is 0 Å². The lowest BCUT2D eigenvalue weighted by Gasteiger charge is -2.46. The van der Waals surface area contributed by atoms with Gasteiger partial charge in [0.05, 0.1) is 31.2 Å². The number of hydrogen-bond donors (Lipinski definition) is 3. The molecule has 0 aliphatic carbocycles. The number of morpholine rings is 1. The Bertz CT molecular complexity index is 2380. The summed E-state index contributed by atoms with van der Waals surface area (Å²) in [5.74, 6) is 4.42. The number of aliphatic hydroxyl groups is 1. The van der Waals surface area contributed by atoms with Gasteiger partial charge in [-0.2, -0.15) is 0 Å². The van der Waals surface area contributed by atoms with Gasteiger partial charge in [-0.1, -0.05) is 121 Å². The third-order valence-corrected chi connectivity index (χ3v) is 11.4. The molecule has 6 atom stereocenters. The summed E-state index contributed by atoms with van der Waals surface area (Å²) >= 11 is 0. The fraction of sp³-hybridized carbons (Fsp3) is 0.245. The summed E-state index contributed by atoms with van der Waals surface area (Å²) in [4.78, 5) is 49.2. The predicted molar refractivity (Wildman–Crippen MR) is 225 cm³/mol. The number of aliphatic hydroxyl groups excluding tert-OH is 1. The van der Waals surface area contributed by atoms with Crippen molar-refractivity contribution in [3.8, 4) is 17.6 Å². The summed E-state index contributed by atoms with van der Waals surface area (Å²) in [6.07, 6.45) is 0.792. The molecule has 0 radical (unpaired) electrons. The number of cyclic esters (lactones) is 1. The number of benzene rings is 5. The normalized spacial score (nSPS) is 23.1. The minimum atomic E-state index is -1.64. The van der Waals surface area contributed by atoms with Crippen LogP contribution in [-0.2, 0) is 31.1 Å². The Morgan fingerprint density at radius 1 is 0.915 bits per heavy atom. The lowest BCUT2D eigenvalue weighted by Crippen LogP contribution is -2.54. The third kappa shape index (κ3) is 7.41. The van der Waals surface area contributed by atoms with E-state index in [4.69, 9.17) is 9.47 Å². The van der Waals surface area contributed by atoms with Crippen LogP contribution in [0.2, 0.25) is 0 Å². The molecule has 3 heterocycles. The van der Waals surface area contributed by atoms with Crippen LogP contribution in [0.3, 0.4) is 0 Å². The van der Waals surface area contributed by atoms with Crippen molar-refractivity contribution in [1.82, 2.24) is 15.1 Å². The average Bonchev–Trinajstić information content (AvgIpc) is 3.74. The van der Waals surface area contributed by atoms with Crippen LogP contribution in [0.1, 0.15) is 51.6 Å². The van der Waals surface area contributed by atoms with E-state index in [0.717, 1.165) is 17.7 Å². The molecule has 10 nitrogen and oxygen atoms in total. The minimum Gasteiger partial charge on any atom is -0.491 e. The van der Waals surface area contributed by atoms with E-state index in [0.29, 0.717) is 34.7 Å². The molecule has 8 rings (SSSR count). The number of fused-ring (bicyclic) bond motifs is 3. The first-order valence-corrected chi connectivity index (χ1v) is 19.8. The number of nitrogens with zero attached hydrogens (tertiary/aromatic N) is 2. The highest BCUT2D eigenvalue weighted by molar-refractivity contribution is 6.12. The van der Waals surface area contributed by atoms with Gasteiger partial charge in [0.1, 0.15) is 29.9 Å². The highest BCUT2D eigenvalue weighted by Crippen LogP contribution is 2.64.